The van der Waals surface area contributed by atoms with E-state index in [1.807, 2.05) is 0 Å². The van der Waals surface area contributed by atoms with E-state index in [1.165, 1.54) is 45.2 Å². The summed E-state index contributed by atoms with van der Waals surface area (Å²) in [4.78, 5) is 2.58. The van der Waals surface area contributed by atoms with Crippen molar-refractivity contribution in [1.82, 2.24) is 4.90 Å². The molecule has 0 aliphatic heterocycles. The summed E-state index contributed by atoms with van der Waals surface area (Å²) in [6, 6.07) is 0.365. The quantitative estimate of drug-likeness (QED) is 0.607. The molecule has 2 heteroatoms. The fraction of sp³-hybridized carbons (Fsp3) is 1.00. The minimum absolute atomic E-state index is 0.365. The molecule has 2 N–H and O–H groups in total. The highest BCUT2D eigenvalue weighted by Crippen LogP contribution is 2.08. The summed E-state index contributed by atoms with van der Waals surface area (Å²) in [5.41, 5.74) is 6.23. The normalized spacial score (nSPS) is 13.8. The molecule has 0 bridgehead atoms. The summed E-state index contributed by atoms with van der Waals surface area (Å²) < 4.78 is 0. The van der Waals surface area contributed by atoms with Gasteiger partial charge in [0.05, 0.1) is 0 Å². The molecule has 1 unspecified atom stereocenters. The summed E-state index contributed by atoms with van der Waals surface area (Å²) >= 11 is 0. The van der Waals surface area contributed by atoms with Gasteiger partial charge in [-0.2, -0.15) is 0 Å². The number of nitrogens with zero attached hydrogens (tertiary/aromatic N) is 1. The molecule has 1 atom stereocenters. The second-order valence-corrected chi connectivity index (χ2v) is 6.57. The summed E-state index contributed by atoms with van der Waals surface area (Å²) in [5.74, 6) is 1.58. The molecule has 0 saturated heterocycles. The van der Waals surface area contributed by atoms with Gasteiger partial charge in [-0.05, 0) is 44.2 Å². The van der Waals surface area contributed by atoms with Gasteiger partial charge in [-0.1, -0.05) is 47.5 Å². The summed E-state index contributed by atoms with van der Waals surface area (Å²) in [7, 11) is 0. The van der Waals surface area contributed by atoms with Crippen LogP contribution in [0.4, 0.5) is 0 Å². The van der Waals surface area contributed by atoms with E-state index in [1.54, 1.807) is 0 Å². The van der Waals surface area contributed by atoms with Gasteiger partial charge in [-0.3, -0.25) is 0 Å². The minimum atomic E-state index is 0.365. The highest BCUT2D eigenvalue weighted by molar-refractivity contribution is 4.69. The Morgan fingerprint density at radius 1 is 0.889 bits per heavy atom. The molecular weight excluding hydrogens is 220 g/mol. The molecule has 0 amide bonds. The predicted octanol–water partition coefficient (Wildman–Crippen LogP) is 3.90. The Morgan fingerprint density at radius 3 is 1.78 bits per heavy atom. The van der Waals surface area contributed by atoms with Crippen LogP contribution in [0.25, 0.3) is 0 Å². The first-order valence-electron chi connectivity index (χ1n) is 7.93. The molecule has 0 aliphatic carbocycles. The molecule has 0 aromatic rings. The van der Waals surface area contributed by atoms with Crippen LogP contribution >= 0.6 is 0 Å². The second-order valence-electron chi connectivity index (χ2n) is 6.57. The van der Waals surface area contributed by atoms with Crippen LogP contribution in [0.1, 0.15) is 66.7 Å². The molecule has 0 radical (unpaired) electrons. The third-order valence-corrected chi connectivity index (χ3v) is 3.47. The third-order valence-electron chi connectivity index (χ3n) is 3.47. The highest BCUT2D eigenvalue weighted by atomic mass is 15.1. The smallest absolute Gasteiger partial charge is 0.0167 e. The number of hydrogen-bond acceptors (Lipinski definition) is 2. The van der Waals surface area contributed by atoms with Crippen molar-refractivity contribution in [3.05, 3.63) is 0 Å². The van der Waals surface area contributed by atoms with Crippen LogP contribution in [-0.2, 0) is 0 Å². The van der Waals surface area contributed by atoms with Crippen molar-refractivity contribution < 1.29 is 0 Å². The van der Waals surface area contributed by atoms with Gasteiger partial charge in [0.15, 0.2) is 0 Å². The first-order valence-corrected chi connectivity index (χ1v) is 7.93. The topological polar surface area (TPSA) is 29.3 Å². The van der Waals surface area contributed by atoms with E-state index in [0.717, 1.165) is 18.4 Å². The van der Waals surface area contributed by atoms with Gasteiger partial charge in [0, 0.05) is 12.6 Å². The Morgan fingerprint density at radius 2 is 1.39 bits per heavy atom. The first-order chi connectivity index (χ1) is 8.45. The molecule has 0 heterocycles. The van der Waals surface area contributed by atoms with Crippen LogP contribution in [0.15, 0.2) is 0 Å². The van der Waals surface area contributed by atoms with Crippen molar-refractivity contribution in [2.75, 3.05) is 19.6 Å². The molecule has 0 rings (SSSR count). The minimum Gasteiger partial charge on any atom is -0.327 e. The summed E-state index contributed by atoms with van der Waals surface area (Å²) in [5, 5.41) is 0. The van der Waals surface area contributed by atoms with Gasteiger partial charge < -0.3 is 10.6 Å². The van der Waals surface area contributed by atoms with Gasteiger partial charge in [-0.15, -0.1) is 0 Å². The Balaban J connectivity index is 4.01. The van der Waals surface area contributed by atoms with Gasteiger partial charge in [0.25, 0.3) is 0 Å². The molecule has 18 heavy (non-hydrogen) atoms. The van der Waals surface area contributed by atoms with Crippen LogP contribution in [-0.4, -0.2) is 30.6 Å². The fourth-order valence-corrected chi connectivity index (χ4v) is 2.07. The largest absolute Gasteiger partial charge is 0.327 e. The van der Waals surface area contributed by atoms with Gasteiger partial charge >= 0.3 is 0 Å². The van der Waals surface area contributed by atoms with E-state index < -0.39 is 0 Å². The van der Waals surface area contributed by atoms with Crippen molar-refractivity contribution in [3.8, 4) is 0 Å². The molecule has 0 aliphatic rings. The lowest BCUT2D eigenvalue weighted by atomic mass is 10.1. The molecule has 0 saturated carbocycles. The maximum atomic E-state index is 6.23. The van der Waals surface area contributed by atoms with Gasteiger partial charge in [-0.25, -0.2) is 0 Å². The van der Waals surface area contributed by atoms with E-state index in [4.69, 9.17) is 5.73 Å². The van der Waals surface area contributed by atoms with E-state index >= 15 is 0 Å². The number of rotatable bonds is 11. The third kappa shape index (κ3) is 11.0. The number of unbranched alkanes of at least 4 members (excludes halogenated alkanes) is 1. The maximum absolute atomic E-state index is 6.23. The Labute approximate surface area is 115 Å². The summed E-state index contributed by atoms with van der Waals surface area (Å²) in [6.07, 6.45) is 6.28. The highest BCUT2D eigenvalue weighted by Gasteiger charge is 2.11. The molecule has 0 aromatic heterocycles. The Kier molecular flexibility index (Phi) is 10.8. The molecule has 110 valence electrons. The van der Waals surface area contributed by atoms with Crippen LogP contribution in [0.5, 0.6) is 0 Å². The zero-order valence-corrected chi connectivity index (χ0v) is 13.4. The lowest BCUT2D eigenvalue weighted by molar-refractivity contribution is 0.226. The SMILES string of the molecule is CCCCC(N)CN(CCC(C)C)CCC(C)C. The van der Waals surface area contributed by atoms with Crippen LogP contribution in [0.2, 0.25) is 0 Å². The van der Waals surface area contributed by atoms with Crippen molar-refractivity contribution in [2.45, 2.75) is 72.8 Å². The monoisotopic (exact) mass is 256 g/mol. The Hall–Kier alpha value is -0.0800. The van der Waals surface area contributed by atoms with Crippen molar-refractivity contribution in [2.24, 2.45) is 17.6 Å². The first kappa shape index (κ1) is 17.9. The van der Waals surface area contributed by atoms with E-state index in [0.29, 0.717) is 6.04 Å². The predicted molar refractivity (Wildman–Crippen MR) is 82.9 cm³/mol. The fourth-order valence-electron chi connectivity index (χ4n) is 2.07. The zero-order valence-electron chi connectivity index (χ0n) is 13.4. The summed E-state index contributed by atoms with van der Waals surface area (Å²) in [6.45, 7) is 15.0. The molecule has 0 fully saturated rings. The van der Waals surface area contributed by atoms with Gasteiger partial charge in [0.2, 0.25) is 0 Å². The van der Waals surface area contributed by atoms with E-state index in [2.05, 4.69) is 39.5 Å². The molecule has 0 spiro atoms. The van der Waals surface area contributed by atoms with E-state index in [-0.39, 0.29) is 0 Å². The molecule has 2 nitrogen and oxygen atoms in total. The van der Waals surface area contributed by atoms with Crippen LogP contribution in [0.3, 0.4) is 0 Å². The van der Waals surface area contributed by atoms with Crippen molar-refractivity contribution in [3.63, 3.8) is 0 Å². The average molecular weight is 256 g/mol. The second kappa shape index (κ2) is 10.8. The van der Waals surface area contributed by atoms with Crippen LogP contribution in [0, 0.1) is 11.8 Å². The van der Waals surface area contributed by atoms with E-state index in [9.17, 15) is 0 Å². The standard InChI is InChI=1S/C16H36N2/c1-6-7-8-16(17)13-18(11-9-14(2)3)12-10-15(4)5/h14-16H,6-13,17H2,1-5H3. The molecular formula is C16H36N2. The zero-order chi connectivity index (χ0) is 14.0. The Bertz CT molecular complexity index is 166. The molecule has 0 aromatic carbocycles. The van der Waals surface area contributed by atoms with Crippen LogP contribution < -0.4 is 5.73 Å². The lowest BCUT2D eigenvalue weighted by Crippen LogP contribution is -2.39. The van der Waals surface area contributed by atoms with Gasteiger partial charge in [0.1, 0.15) is 0 Å². The van der Waals surface area contributed by atoms with Crippen molar-refractivity contribution >= 4 is 0 Å². The van der Waals surface area contributed by atoms with Crippen molar-refractivity contribution in [1.29, 1.82) is 0 Å². The number of nitrogens with two attached hydrogens (primary N) is 1. The maximum Gasteiger partial charge on any atom is 0.0167 e. The average Bonchev–Trinajstić information content (AvgIpc) is 2.29. The lowest BCUT2D eigenvalue weighted by Gasteiger charge is -2.27. The number of hydrogen-bond donors (Lipinski definition) is 1.